The molecule has 0 saturated heterocycles. The minimum atomic E-state index is -4.94. The third kappa shape index (κ3) is 15.7. The maximum atomic E-state index is 8.49. The zero-order valence-corrected chi connectivity index (χ0v) is 42.2. The van der Waals surface area contributed by atoms with Gasteiger partial charge in [-0.25, -0.2) is 46.4 Å². The number of rotatable bonds is 14. The second-order valence-electron chi connectivity index (χ2n) is 17.6. The fraction of sp³-hybridized carbons (Fsp3) is 0.0794. The number of hydrogen-bond donors (Lipinski definition) is 0. The average Bonchev–Trinajstić information content (AvgIpc) is 3.44. The van der Waals surface area contributed by atoms with E-state index >= 15 is 0 Å². The van der Waals surface area contributed by atoms with Gasteiger partial charge in [0.15, 0.2) is 24.8 Å². The van der Waals surface area contributed by atoms with E-state index < -0.39 is 20.5 Å². The number of pyridine rings is 2. The van der Waals surface area contributed by atoms with Gasteiger partial charge in [0.25, 0.3) is 0 Å². The molecular weight excluding hydrogens is 984 g/mol. The summed E-state index contributed by atoms with van der Waals surface area (Å²) in [5.74, 6) is 0. The highest BCUT2D eigenvalue weighted by Gasteiger charge is 2.20. The van der Waals surface area contributed by atoms with Crippen molar-refractivity contribution in [2.75, 3.05) is 0 Å². The van der Waals surface area contributed by atoms with E-state index in [-0.39, 0.29) is 0 Å². The summed E-state index contributed by atoms with van der Waals surface area (Å²) in [5.41, 5.74) is 19.6. The lowest BCUT2D eigenvalue weighted by Gasteiger charge is -2.19. The third-order valence-electron chi connectivity index (χ3n) is 12.5. The molecular formula is C63H52Cl2N2O8. The molecule has 10 nitrogen and oxygen atoms in total. The van der Waals surface area contributed by atoms with Crippen molar-refractivity contribution in [3.8, 4) is 89.0 Å². The molecule has 0 aliphatic heterocycles. The van der Waals surface area contributed by atoms with Crippen LogP contribution >= 0.6 is 0 Å². The fourth-order valence-electron chi connectivity index (χ4n) is 9.19. The Morgan fingerprint density at radius 2 is 0.453 bits per heavy atom. The molecule has 2 aromatic heterocycles. The number of unbranched alkanes of at least 4 members (excludes halogenated alkanes) is 2. The smallest absolute Gasteiger partial charge is 0.169 e. The van der Waals surface area contributed by atoms with Gasteiger partial charge in [0.1, 0.15) is 13.1 Å². The fourth-order valence-corrected chi connectivity index (χ4v) is 9.19. The summed E-state index contributed by atoms with van der Waals surface area (Å²) >= 11 is 0. The highest BCUT2D eigenvalue weighted by molar-refractivity contribution is 5.99. The lowest BCUT2D eigenvalue weighted by Crippen LogP contribution is -2.68. The highest BCUT2D eigenvalue weighted by Crippen LogP contribution is 2.45. The van der Waals surface area contributed by atoms with Crippen LogP contribution in [0, 0.1) is 20.5 Å². The van der Waals surface area contributed by atoms with Gasteiger partial charge in [-0.15, -0.1) is 20.5 Å². The molecule has 0 fully saturated rings. The quantitative estimate of drug-likeness (QED) is 0.0942. The summed E-state index contributed by atoms with van der Waals surface area (Å²) in [4.78, 5) is 0. The summed E-state index contributed by atoms with van der Waals surface area (Å²) in [7, 11) is -9.89. The number of aromatic nitrogens is 2. The molecule has 8 aromatic carbocycles. The molecule has 0 atom stereocenters. The number of benzene rings is 8. The van der Waals surface area contributed by atoms with Crippen LogP contribution in [0.4, 0.5) is 0 Å². The first-order valence-corrected chi connectivity index (χ1v) is 26.6. The van der Waals surface area contributed by atoms with E-state index in [1.54, 1.807) is 0 Å². The van der Waals surface area contributed by atoms with E-state index in [1.165, 1.54) is 89.0 Å². The first-order chi connectivity index (χ1) is 36.2. The van der Waals surface area contributed by atoms with Gasteiger partial charge in [0, 0.05) is 37.1 Å². The maximum absolute atomic E-state index is 8.49. The third-order valence-corrected chi connectivity index (χ3v) is 12.5. The van der Waals surface area contributed by atoms with Crippen molar-refractivity contribution in [3.63, 3.8) is 0 Å². The van der Waals surface area contributed by atoms with Crippen molar-refractivity contribution >= 4 is 0 Å². The Morgan fingerprint density at radius 1 is 0.240 bits per heavy atom. The van der Waals surface area contributed by atoms with Gasteiger partial charge in [-0.2, -0.15) is 0 Å². The Kier molecular flexibility index (Phi) is 18.2. The van der Waals surface area contributed by atoms with Gasteiger partial charge in [0.05, 0.1) is 0 Å². The molecule has 10 rings (SSSR count). The van der Waals surface area contributed by atoms with Crippen LogP contribution in [-0.2, 0) is 13.1 Å². The van der Waals surface area contributed by atoms with Crippen LogP contribution in [0.3, 0.4) is 0 Å². The summed E-state index contributed by atoms with van der Waals surface area (Å²) < 4.78 is 72.6. The Bertz CT molecular complexity index is 2990. The predicted octanol–water partition coefficient (Wildman–Crippen LogP) is 5.96. The molecule has 10 aromatic rings. The first kappa shape index (κ1) is 53.6. The SMILES string of the molecule is [O-][Cl+3]([O-])([O-])[O-].[O-][Cl+3]([O-])([O-])[O-].c1ccc(-c2cc(-c3ccccc3)c(-c3cc[n+](CCCCC[n+]4ccc(-c5c(-c6ccccc6)cc(-c6ccccc6)cc5-c5ccccc5)cc4)cc3)c(-c3ccccc3)c2)cc1. The van der Waals surface area contributed by atoms with E-state index in [0.29, 0.717) is 0 Å². The summed E-state index contributed by atoms with van der Waals surface area (Å²) in [6.45, 7) is 1.97. The van der Waals surface area contributed by atoms with Gasteiger partial charge in [-0.05, 0) is 120 Å². The largest absolute Gasteiger partial charge is 0.222 e. The van der Waals surface area contributed by atoms with Crippen LogP contribution in [0.15, 0.2) is 255 Å². The van der Waals surface area contributed by atoms with Crippen LogP contribution in [0.5, 0.6) is 0 Å². The Hall–Kier alpha value is -7.68. The molecule has 376 valence electrons. The Morgan fingerprint density at radius 3 is 0.680 bits per heavy atom. The molecule has 0 aliphatic carbocycles. The van der Waals surface area contributed by atoms with Crippen molar-refractivity contribution in [1.29, 1.82) is 0 Å². The topological polar surface area (TPSA) is 192 Å². The van der Waals surface area contributed by atoms with Gasteiger partial charge in [0.2, 0.25) is 0 Å². The van der Waals surface area contributed by atoms with Crippen LogP contribution < -0.4 is 46.4 Å². The highest BCUT2D eigenvalue weighted by atomic mass is 35.7. The minimum absolute atomic E-state index is 0.984. The molecule has 75 heavy (non-hydrogen) atoms. The molecule has 2 heterocycles. The van der Waals surface area contributed by atoms with Crippen molar-refractivity contribution in [2.45, 2.75) is 32.4 Å². The molecule has 0 amide bonds. The number of nitrogens with zero attached hydrogens (tertiary/aromatic N) is 2. The molecule has 0 spiro atoms. The van der Waals surface area contributed by atoms with E-state index in [9.17, 15) is 0 Å². The van der Waals surface area contributed by atoms with E-state index in [0.717, 1.165) is 32.4 Å². The minimum Gasteiger partial charge on any atom is -0.222 e. The predicted molar refractivity (Wildman–Crippen MR) is 271 cm³/mol. The second kappa shape index (κ2) is 25.5. The van der Waals surface area contributed by atoms with Crippen molar-refractivity contribution in [3.05, 3.63) is 255 Å². The van der Waals surface area contributed by atoms with Gasteiger partial charge in [-0.1, -0.05) is 182 Å². The van der Waals surface area contributed by atoms with Crippen molar-refractivity contribution < 1.29 is 66.9 Å². The van der Waals surface area contributed by atoms with Crippen LogP contribution in [0.1, 0.15) is 19.3 Å². The monoisotopic (exact) mass is 1030 g/mol. The lowest BCUT2D eigenvalue weighted by atomic mass is 9.85. The molecule has 0 N–H and O–H groups in total. The van der Waals surface area contributed by atoms with Gasteiger partial charge in [-0.3, -0.25) is 0 Å². The standard InChI is InChI=1S/C63H52N2.2ClHO4/c1-8-22-48(23-9-1)56-44-58(50-26-12-3-13-27-50)62(59(45-56)51-28-14-4-15-29-51)54-34-40-64(41-35-54)38-20-7-21-39-65-42-36-55(37-43-65)63-60(52-30-16-5-17-31-52)46-57(49-24-10-2-11-25-49)47-61(63)53-32-18-6-19-33-53;2*2-1(3,4)5/h1-6,8-19,22-37,40-47H,7,20-21,38-39H2;2*(H,2,3,4,5)/q+2;;/p-2. The molecule has 0 bridgehead atoms. The number of halogens is 2. The number of aryl methyl sites for hydroxylation is 2. The van der Waals surface area contributed by atoms with E-state index in [1.807, 2.05) is 0 Å². The van der Waals surface area contributed by atoms with Gasteiger partial charge < -0.3 is 0 Å². The number of hydrogen-bond acceptors (Lipinski definition) is 8. The van der Waals surface area contributed by atoms with E-state index in [4.69, 9.17) is 37.3 Å². The summed E-state index contributed by atoms with van der Waals surface area (Å²) in [6.07, 6.45) is 12.4. The lowest BCUT2D eigenvalue weighted by molar-refractivity contribution is -2.00. The molecule has 0 unspecified atom stereocenters. The van der Waals surface area contributed by atoms with Crippen molar-refractivity contribution in [1.82, 2.24) is 0 Å². The average molecular weight is 1040 g/mol. The van der Waals surface area contributed by atoms with Gasteiger partial charge >= 0.3 is 0 Å². The molecule has 0 radical (unpaired) electrons. The Labute approximate surface area is 441 Å². The van der Waals surface area contributed by atoms with Crippen LogP contribution in [-0.4, -0.2) is 0 Å². The zero-order chi connectivity index (χ0) is 52.6. The molecule has 12 heteroatoms. The maximum Gasteiger partial charge on any atom is 0.169 e. The molecule has 0 saturated carbocycles. The molecule has 0 aliphatic rings. The van der Waals surface area contributed by atoms with E-state index in [2.05, 4.69) is 264 Å². The van der Waals surface area contributed by atoms with Crippen molar-refractivity contribution in [2.24, 2.45) is 0 Å². The van der Waals surface area contributed by atoms with Crippen LogP contribution in [0.2, 0.25) is 0 Å². The summed E-state index contributed by atoms with van der Waals surface area (Å²) in [5, 5.41) is 0. The summed E-state index contributed by atoms with van der Waals surface area (Å²) in [6, 6.07) is 83.4. The first-order valence-electron chi connectivity index (χ1n) is 24.2. The normalized spacial score (nSPS) is 11.2. The second-order valence-corrected chi connectivity index (χ2v) is 19.1. The van der Waals surface area contributed by atoms with Crippen LogP contribution in [0.25, 0.3) is 89.0 Å². The zero-order valence-electron chi connectivity index (χ0n) is 40.7. The Balaban J connectivity index is 0.000000685.